The van der Waals surface area contributed by atoms with Crippen LogP contribution in [0, 0.1) is 6.92 Å². The normalized spacial score (nSPS) is 17.5. The van der Waals surface area contributed by atoms with Crippen LogP contribution in [0.1, 0.15) is 24.2 Å². The number of carbonyl (C=O) groups is 1. The molecular weight excluding hydrogens is 290 g/mol. The van der Waals surface area contributed by atoms with Crippen molar-refractivity contribution in [2.24, 2.45) is 5.73 Å². The van der Waals surface area contributed by atoms with Crippen molar-refractivity contribution in [1.82, 2.24) is 15.7 Å². The second-order valence-corrected chi connectivity index (χ2v) is 5.49. The number of nitrogens with one attached hydrogen (secondary N) is 2. The number of anilines is 1. The van der Waals surface area contributed by atoms with Crippen molar-refractivity contribution < 1.29 is 4.79 Å². The zero-order valence-electron chi connectivity index (χ0n) is 13.1. The molecule has 0 spiro atoms. The summed E-state index contributed by atoms with van der Waals surface area (Å²) in [5.74, 6) is 0.647. The van der Waals surface area contributed by atoms with Crippen LogP contribution in [0.3, 0.4) is 0 Å². The van der Waals surface area contributed by atoms with E-state index in [4.69, 9.17) is 5.73 Å². The Bertz CT molecular complexity index is 739. The van der Waals surface area contributed by atoms with Crippen molar-refractivity contribution in [3.63, 3.8) is 0 Å². The van der Waals surface area contributed by atoms with Crippen LogP contribution >= 0.6 is 0 Å². The molecule has 1 aromatic heterocycles. The second-order valence-electron chi connectivity index (χ2n) is 5.49. The van der Waals surface area contributed by atoms with Crippen molar-refractivity contribution in [3.05, 3.63) is 71.3 Å². The predicted molar refractivity (Wildman–Crippen MR) is 89.2 cm³/mol. The quantitative estimate of drug-likeness (QED) is 0.812. The van der Waals surface area contributed by atoms with Gasteiger partial charge in [-0.15, -0.1) is 0 Å². The molecule has 0 aliphatic carbocycles. The van der Waals surface area contributed by atoms with Crippen LogP contribution in [0.4, 0.5) is 10.5 Å². The van der Waals surface area contributed by atoms with Crippen LogP contribution in [0.15, 0.2) is 60.1 Å². The lowest BCUT2D eigenvalue weighted by atomic mass is 10.0. The number of carbonyl (C=O) groups excluding carboxylic acids is 1. The van der Waals surface area contributed by atoms with Crippen LogP contribution in [0.25, 0.3) is 0 Å². The van der Waals surface area contributed by atoms with Gasteiger partial charge in [0.1, 0.15) is 5.82 Å². The standard InChI is InChI=1S/C17H19N5O/c1-11-8-9-13(10-19-11)15-12(2)16(20-17(18)23)22(21-15)14-6-4-3-5-7-14/h3-10,15,21H,1-2H3,(H3,18,20,23). The summed E-state index contributed by atoms with van der Waals surface area (Å²) in [7, 11) is 0. The molecular formula is C17H19N5O. The molecule has 0 bridgehead atoms. The molecule has 2 aromatic rings. The average molecular weight is 309 g/mol. The van der Waals surface area contributed by atoms with Gasteiger partial charge >= 0.3 is 6.03 Å². The van der Waals surface area contributed by atoms with E-state index in [2.05, 4.69) is 15.7 Å². The first-order valence-corrected chi connectivity index (χ1v) is 7.37. The first-order valence-electron chi connectivity index (χ1n) is 7.37. The number of amides is 2. The van der Waals surface area contributed by atoms with Gasteiger partial charge in [0.15, 0.2) is 0 Å². The Morgan fingerprint density at radius 1 is 1.22 bits per heavy atom. The minimum Gasteiger partial charge on any atom is -0.351 e. The molecule has 0 fully saturated rings. The minimum atomic E-state index is -0.593. The number of hydrazine groups is 1. The minimum absolute atomic E-state index is 0.0786. The zero-order chi connectivity index (χ0) is 16.4. The van der Waals surface area contributed by atoms with Gasteiger partial charge in [0.05, 0.1) is 11.7 Å². The maximum absolute atomic E-state index is 11.4. The fourth-order valence-electron chi connectivity index (χ4n) is 2.63. The van der Waals surface area contributed by atoms with Crippen LogP contribution in [0.5, 0.6) is 0 Å². The molecule has 1 aromatic carbocycles. The van der Waals surface area contributed by atoms with E-state index in [-0.39, 0.29) is 6.04 Å². The van der Waals surface area contributed by atoms with Crippen molar-refractivity contribution in [2.45, 2.75) is 19.9 Å². The van der Waals surface area contributed by atoms with Gasteiger partial charge < -0.3 is 5.73 Å². The molecule has 6 heteroatoms. The van der Waals surface area contributed by atoms with Crippen LogP contribution in [-0.2, 0) is 0 Å². The molecule has 1 aliphatic rings. The first kappa shape index (κ1) is 15.1. The van der Waals surface area contributed by atoms with E-state index in [1.165, 1.54) is 0 Å². The molecule has 23 heavy (non-hydrogen) atoms. The highest BCUT2D eigenvalue weighted by molar-refractivity contribution is 5.75. The summed E-state index contributed by atoms with van der Waals surface area (Å²) in [4.78, 5) is 15.7. The van der Waals surface area contributed by atoms with E-state index >= 15 is 0 Å². The first-order chi connectivity index (χ1) is 11.1. The van der Waals surface area contributed by atoms with Crippen molar-refractivity contribution >= 4 is 11.7 Å². The summed E-state index contributed by atoms with van der Waals surface area (Å²) in [6.45, 7) is 3.91. The Labute approximate surface area is 135 Å². The van der Waals surface area contributed by atoms with Gasteiger partial charge in [0.25, 0.3) is 0 Å². The molecule has 2 amide bonds. The molecule has 1 unspecified atom stereocenters. The van der Waals surface area contributed by atoms with Crippen LogP contribution in [-0.4, -0.2) is 11.0 Å². The fraction of sp³-hybridized carbons (Fsp3) is 0.176. The Morgan fingerprint density at radius 3 is 2.57 bits per heavy atom. The number of hydrogen-bond donors (Lipinski definition) is 3. The van der Waals surface area contributed by atoms with E-state index in [0.717, 1.165) is 22.5 Å². The van der Waals surface area contributed by atoms with Gasteiger partial charge in [-0.05, 0) is 43.2 Å². The number of urea groups is 1. The summed E-state index contributed by atoms with van der Waals surface area (Å²) < 4.78 is 0. The lowest BCUT2D eigenvalue weighted by Crippen LogP contribution is -2.41. The molecule has 0 saturated heterocycles. The lowest BCUT2D eigenvalue weighted by molar-refractivity contribution is 0.251. The van der Waals surface area contributed by atoms with Gasteiger partial charge in [-0.25, -0.2) is 10.2 Å². The van der Waals surface area contributed by atoms with Gasteiger partial charge in [0.2, 0.25) is 0 Å². The van der Waals surface area contributed by atoms with Gasteiger partial charge in [-0.1, -0.05) is 24.3 Å². The number of nitrogens with zero attached hydrogens (tertiary/aromatic N) is 2. The summed E-state index contributed by atoms with van der Waals surface area (Å²) in [6, 6.07) is 13.1. The number of hydrogen-bond acceptors (Lipinski definition) is 4. The number of benzene rings is 1. The Hall–Kier alpha value is -2.86. The summed E-state index contributed by atoms with van der Waals surface area (Å²) >= 11 is 0. The van der Waals surface area contributed by atoms with E-state index in [0.29, 0.717) is 5.82 Å². The maximum atomic E-state index is 11.4. The molecule has 4 N–H and O–H groups in total. The number of primary amides is 1. The Kier molecular flexibility index (Phi) is 3.99. The van der Waals surface area contributed by atoms with E-state index < -0.39 is 6.03 Å². The molecule has 1 aliphatic heterocycles. The number of aryl methyl sites for hydroxylation is 1. The van der Waals surface area contributed by atoms with Gasteiger partial charge in [-0.2, -0.15) is 0 Å². The number of para-hydroxylation sites is 1. The third kappa shape index (κ3) is 3.02. The van der Waals surface area contributed by atoms with Crippen molar-refractivity contribution in [1.29, 1.82) is 0 Å². The molecule has 2 heterocycles. The molecule has 6 nitrogen and oxygen atoms in total. The molecule has 1 atom stereocenters. The van der Waals surface area contributed by atoms with Gasteiger partial charge in [-0.3, -0.25) is 15.3 Å². The van der Waals surface area contributed by atoms with Crippen molar-refractivity contribution in [2.75, 3.05) is 5.01 Å². The van der Waals surface area contributed by atoms with E-state index in [9.17, 15) is 4.79 Å². The fourth-order valence-corrected chi connectivity index (χ4v) is 2.63. The average Bonchev–Trinajstić information content (AvgIpc) is 2.86. The summed E-state index contributed by atoms with van der Waals surface area (Å²) in [5, 5.41) is 4.55. The Morgan fingerprint density at radius 2 is 1.96 bits per heavy atom. The van der Waals surface area contributed by atoms with Crippen LogP contribution in [0.2, 0.25) is 0 Å². The third-order valence-corrected chi connectivity index (χ3v) is 3.81. The van der Waals surface area contributed by atoms with Crippen LogP contribution < -0.4 is 21.5 Å². The third-order valence-electron chi connectivity index (χ3n) is 3.81. The highest BCUT2D eigenvalue weighted by Crippen LogP contribution is 2.33. The Balaban J connectivity index is 1.99. The predicted octanol–water partition coefficient (Wildman–Crippen LogP) is 2.36. The second kappa shape index (κ2) is 6.10. The number of aromatic nitrogens is 1. The molecule has 0 saturated carbocycles. The monoisotopic (exact) mass is 309 g/mol. The molecule has 3 rings (SSSR count). The zero-order valence-corrected chi connectivity index (χ0v) is 13.1. The summed E-state index contributed by atoms with van der Waals surface area (Å²) in [5.41, 5.74) is 12.6. The molecule has 0 radical (unpaired) electrons. The highest BCUT2D eigenvalue weighted by Gasteiger charge is 2.31. The number of nitrogens with two attached hydrogens (primary N) is 1. The smallest absolute Gasteiger partial charge is 0.317 e. The number of rotatable bonds is 3. The van der Waals surface area contributed by atoms with Gasteiger partial charge in [0, 0.05) is 11.9 Å². The highest BCUT2D eigenvalue weighted by atomic mass is 16.2. The van der Waals surface area contributed by atoms with E-state index in [1.54, 1.807) is 0 Å². The lowest BCUT2D eigenvalue weighted by Gasteiger charge is -2.23. The summed E-state index contributed by atoms with van der Waals surface area (Å²) in [6.07, 6.45) is 1.84. The van der Waals surface area contributed by atoms with E-state index in [1.807, 2.05) is 67.5 Å². The topological polar surface area (TPSA) is 83.3 Å². The number of pyridine rings is 1. The van der Waals surface area contributed by atoms with Crippen molar-refractivity contribution in [3.8, 4) is 0 Å². The largest absolute Gasteiger partial charge is 0.351 e. The maximum Gasteiger partial charge on any atom is 0.317 e. The SMILES string of the molecule is CC1=C(NC(N)=O)N(c2ccccc2)NC1c1ccc(C)nc1. The molecule has 118 valence electrons.